The molecule has 0 fully saturated rings. The standard InChI is InChI=1S/C16H10FN5O/c17-12-8-6-11(7-9-12)15-18-16(23-20-15)14-10-22(21-19-14)13-4-2-1-3-5-13/h1-10H. The number of nitrogens with zero attached hydrogens (tertiary/aromatic N) is 5. The van der Waals surface area contributed by atoms with Crippen LogP contribution >= 0.6 is 0 Å². The third-order valence-electron chi connectivity index (χ3n) is 3.26. The Morgan fingerprint density at radius 3 is 2.52 bits per heavy atom. The van der Waals surface area contributed by atoms with Gasteiger partial charge in [0.2, 0.25) is 5.82 Å². The van der Waals surface area contributed by atoms with E-state index in [0.29, 0.717) is 17.1 Å². The Morgan fingerprint density at radius 2 is 1.74 bits per heavy atom. The van der Waals surface area contributed by atoms with Gasteiger partial charge in [-0.05, 0) is 36.4 Å². The number of halogens is 1. The third-order valence-corrected chi connectivity index (χ3v) is 3.26. The van der Waals surface area contributed by atoms with Gasteiger partial charge in [0, 0.05) is 5.56 Å². The number of hydrogen-bond donors (Lipinski definition) is 0. The Bertz CT molecular complexity index is 931. The Morgan fingerprint density at radius 1 is 0.957 bits per heavy atom. The van der Waals surface area contributed by atoms with Crippen molar-refractivity contribution in [3.63, 3.8) is 0 Å². The largest absolute Gasteiger partial charge is 0.332 e. The zero-order valence-electron chi connectivity index (χ0n) is 11.8. The average molecular weight is 307 g/mol. The lowest BCUT2D eigenvalue weighted by molar-refractivity contribution is 0.431. The molecule has 0 saturated carbocycles. The molecule has 0 amide bonds. The monoisotopic (exact) mass is 307 g/mol. The molecule has 0 aliphatic carbocycles. The highest BCUT2D eigenvalue weighted by atomic mass is 19.1. The molecular weight excluding hydrogens is 297 g/mol. The van der Waals surface area contributed by atoms with E-state index in [1.54, 1.807) is 23.0 Å². The van der Waals surface area contributed by atoms with Gasteiger partial charge >= 0.3 is 0 Å². The molecule has 0 radical (unpaired) electrons. The third kappa shape index (κ3) is 2.59. The highest BCUT2D eigenvalue weighted by Crippen LogP contribution is 2.21. The van der Waals surface area contributed by atoms with Gasteiger partial charge in [0.1, 0.15) is 5.82 Å². The van der Waals surface area contributed by atoms with Crippen LogP contribution in [0.3, 0.4) is 0 Å². The van der Waals surface area contributed by atoms with Crippen LogP contribution in [0.4, 0.5) is 4.39 Å². The Balaban J connectivity index is 1.65. The van der Waals surface area contributed by atoms with Gasteiger partial charge in [-0.25, -0.2) is 9.07 Å². The fraction of sp³-hybridized carbons (Fsp3) is 0. The van der Waals surface area contributed by atoms with Crippen molar-refractivity contribution in [3.05, 3.63) is 66.6 Å². The van der Waals surface area contributed by atoms with Crippen LogP contribution in [-0.4, -0.2) is 25.1 Å². The highest BCUT2D eigenvalue weighted by Gasteiger charge is 2.14. The molecule has 0 bridgehead atoms. The Kier molecular flexibility index (Phi) is 3.16. The first kappa shape index (κ1) is 13.3. The smallest absolute Gasteiger partial charge is 0.280 e. The van der Waals surface area contributed by atoms with E-state index < -0.39 is 0 Å². The zero-order chi connectivity index (χ0) is 15.6. The van der Waals surface area contributed by atoms with E-state index >= 15 is 0 Å². The molecule has 0 aliphatic heterocycles. The number of hydrogen-bond acceptors (Lipinski definition) is 5. The van der Waals surface area contributed by atoms with E-state index in [-0.39, 0.29) is 11.7 Å². The van der Waals surface area contributed by atoms with Crippen molar-refractivity contribution in [3.8, 4) is 28.7 Å². The molecule has 0 saturated heterocycles. The maximum Gasteiger partial charge on any atom is 0.280 e. The van der Waals surface area contributed by atoms with Crippen LogP contribution in [-0.2, 0) is 0 Å². The topological polar surface area (TPSA) is 69.6 Å². The van der Waals surface area contributed by atoms with Crippen LogP contribution in [0.2, 0.25) is 0 Å². The fourth-order valence-electron chi connectivity index (χ4n) is 2.11. The zero-order valence-corrected chi connectivity index (χ0v) is 11.8. The van der Waals surface area contributed by atoms with Gasteiger partial charge in [-0.3, -0.25) is 0 Å². The van der Waals surface area contributed by atoms with Crippen molar-refractivity contribution in [2.24, 2.45) is 0 Å². The van der Waals surface area contributed by atoms with E-state index in [1.807, 2.05) is 30.3 Å². The second-order valence-corrected chi connectivity index (χ2v) is 4.81. The molecule has 4 aromatic rings. The molecule has 0 aliphatic rings. The summed E-state index contributed by atoms with van der Waals surface area (Å²) in [5.41, 5.74) is 2.01. The van der Waals surface area contributed by atoms with Crippen molar-refractivity contribution in [2.75, 3.05) is 0 Å². The second kappa shape index (κ2) is 5.45. The Hall–Kier alpha value is -3.35. The molecule has 2 aromatic carbocycles. The SMILES string of the molecule is Fc1ccc(-c2noc(-c3cn(-c4ccccc4)nn3)n2)cc1. The summed E-state index contributed by atoms with van der Waals surface area (Å²) in [6.07, 6.45) is 1.71. The summed E-state index contributed by atoms with van der Waals surface area (Å²) < 4.78 is 19.8. The van der Waals surface area contributed by atoms with Crippen LogP contribution in [0.1, 0.15) is 0 Å². The molecule has 0 spiro atoms. The van der Waals surface area contributed by atoms with Crippen molar-refractivity contribution >= 4 is 0 Å². The summed E-state index contributed by atoms with van der Waals surface area (Å²) in [5.74, 6) is 0.309. The average Bonchev–Trinajstić information content (AvgIpc) is 3.26. The molecule has 23 heavy (non-hydrogen) atoms. The number of benzene rings is 2. The van der Waals surface area contributed by atoms with Gasteiger partial charge in [0.25, 0.3) is 5.89 Å². The minimum atomic E-state index is -0.316. The predicted octanol–water partition coefficient (Wildman–Crippen LogP) is 3.12. The lowest BCUT2D eigenvalue weighted by Gasteiger charge is -1.96. The predicted molar refractivity (Wildman–Crippen MR) is 80.0 cm³/mol. The van der Waals surface area contributed by atoms with Gasteiger partial charge in [0.15, 0.2) is 5.69 Å². The number of rotatable bonds is 3. The fourth-order valence-corrected chi connectivity index (χ4v) is 2.11. The van der Waals surface area contributed by atoms with Crippen LogP contribution in [0.25, 0.3) is 28.7 Å². The maximum absolute atomic E-state index is 13.0. The van der Waals surface area contributed by atoms with E-state index in [2.05, 4.69) is 20.5 Å². The van der Waals surface area contributed by atoms with Crippen molar-refractivity contribution in [1.82, 2.24) is 25.1 Å². The highest BCUT2D eigenvalue weighted by molar-refractivity contribution is 5.57. The van der Waals surface area contributed by atoms with Crippen molar-refractivity contribution in [2.45, 2.75) is 0 Å². The number of aromatic nitrogens is 5. The van der Waals surface area contributed by atoms with Gasteiger partial charge in [0.05, 0.1) is 11.9 Å². The summed E-state index contributed by atoms with van der Waals surface area (Å²) in [6.45, 7) is 0. The first-order chi connectivity index (χ1) is 11.3. The van der Waals surface area contributed by atoms with Crippen LogP contribution < -0.4 is 0 Å². The van der Waals surface area contributed by atoms with Gasteiger partial charge in [-0.2, -0.15) is 4.98 Å². The first-order valence-corrected chi connectivity index (χ1v) is 6.87. The second-order valence-electron chi connectivity index (χ2n) is 4.81. The van der Waals surface area contributed by atoms with Gasteiger partial charge in [-0.1, -0.05) is 28.6 Å². The number of para-hydroxylation sites is 1. The summed E-state index contributed by atoms with van der Waals surface area (Å²) in [7, 11) is 0. The van der Waals surface area contributed by atoms with Crippen LogP contribution in [0.5, 0.6) is 0 Å². The van der Waals surface area contributed by atoms with E-state index in [4.69, 9.17) is 4.52 Å². The minimum absolute atomic E-state index is 0.256. The molecule has 0 atom stereocenters. The van der Waals surface area contributed by atoms with Crippen LogP contribution in [0, 0.1) is 5.82 Å². The summed E-state index contributed by atoms with van der Waals surface area (Å²) >= 11 is 0. The summed E-state index contributed by atoms with van der Waals surface area (Å²) in [5, 5.41) is 12.0. The van der Waals surface area contributed by atoms with Crippen LogP contribution in [0.15, 0.2) is 65.3 Å². The molecule has 2 aromatic heterocycles. The first-order valence-electron chi connectivity index (χ1n) is 6.87. The minimum Gasteiger partial charge on any atom is -0.332 e. The lowest BCUT2D eigenvalue weighted by Crippen LogP contribution is -1.93. The maximum atomic E-state index is 13.0. The molecule has 6 nitrogen and oxygen atoms in total. The molecule has 112 valence electrons. The van der Waals surface area contributed by atoms with Crippen molar-refractivity contribution < 1.29 is 8.91 Å². The Labute approximate surface area is 130 Å². The van der Waals surface area contributed by atoms with Gasteiger partial charge in [-0.15, -0.1) is 5.10 Å². The van der Waals surface area contributed by atoms with E-state index in [9.17, 15) is 4.39 Å². The summed E-state index contributed by atoms with van der Waals surface area (Å²) in [4.78, 5) is 4.27. The molecule has 2 heterocycles. The lowest BCUT2D eigenvalue weighted by atomic mass is 10.2. The quantitative estimate of drug-likeness (QED) is 0.581. The normalized spacial score (nSPS) is 10.8. The van der Waals surface area contributed by atoms with Crippen molar-refractivity contribution in [1.29, 1.82) is 0 Å². The molecule has 0 unspecified atom stereocenters. The summed E-state index contributed by atoms with van der Waals surface area (Å²) in [6, 6.07) is 15.4. The van der Waals surface area contributed by atoms with Gasteiger partial charge < -0.3 is 4.52 Å². The van der Waals surface area contributed by atoms with E-state index in [1.165, 1.54) is 12.1 Å². The molecular formula is C16H10FN5O. The molecule has 7 heteroatoms. The molecule has 0 N–H and O–H groups in total. The molecule has 4 rings (SSSR count). The van der Waals surface area contributed by atoms with E-state index in [0.717, 1.165) is 5.69 Å².